The molecule has 1 aromatic heterocycles. The summed E-state index contributed by atoms with van der Waals surface area (Å²) in [5.74, 6) is 0.744. The number of aliphatic hydroxyl groups is 1. The quantitative estimate of drug-likeness (QED) is 0.923. The van der Waals surface area contributed by atoms with Gasteiger partial charge in [0.15, 0.2) is 0 Å². The van der Waals surface area contributed by atoms with E-state index in [0.29, 0.717) is 12.1 Å². The first kappa shape index (κ1) is 14.1. The summed E-state index contributed by atoms with van der Waals surface area (Å²) in [6, 6.07) is 5.53. The Kier molecular flexibility index (Phi) is 3.49. The summed E-state index contributed by atoms with van der Waals surface area (Å²) in [5, 5.41) is 9.87. The van der Waals surface area contributed by atoms with E-state index in [0.717, 1.165) is 24.7 Å². The summed E-state index contributed by atoms with van der Waals surface area (Å²) >= 11 is 0. The lowest BCUT2D eigenvalue weighted by atomic mass is 10.0. The molecule has 0 aliphatic carbocycles. The molecule has 21 heavy (non-hydrogen) atoms. The fraction of sp³-hybridized carbons (Fsp3) is 0.400. The first-order valence-corrected chi connectivity index (χ1v) is 6.85. The molecular weight excluding hydrogens is 281 g/mol. The molecular formula is C15H15F3N2O. The van der Waals surface area contributed by atoms with Gasteiger partial charge < -0.3 is 9.67 Å². The summed E-state index contributed by atoms with van der Waals surface area (Å²) in [6.07, 6.45) is -0.964. The van der Waals surface area contributed by atoms with Crippen molar-refractivity contribution in [1.82, 2.24) is 9.55 Å². The standard InChI is InChI=1S/C15H15F3N2O/c16-15(17,18)12-5-2-1-4-10(12)8-11-9-20-13(19-11)6-3-7-14(20)21/h1-2,4-5,9,14,21H,3,6-8H2. The highest BCUT2D eigenvalue weighted by Crippen LogP contribution is 2.33. The third-order valence-corrected chi connectivity index (χ3v) is 3.74. The Hall–Kier alpha value is -1.82. The van der Waals surface area contributed by atoms with Crippen LogP contribution in [0.4, 0.5) is 13.2 Å². The van der Waals surface area contributed by atoms with Crippen molar-refractivity contribution in [3.63, 3.8) is 0 Å². The molecule has 6 heteroatoms. The molecule has 2 aromatic rings. The smallest absolute Gasteiger partial charge is 0.373 e. The molecule has 1 aromatic carbocycles. The number of hydrogen-bond donors (Lipinski definition) is 1. The summed E-state index contributed by atoms with van der Waals surface area (Å²) in [7, 11) is 0. The highest BCUT2D eigenvalue weighted by atomic mass is 19.4. The maximum absolute atomic E-state index is 13.0. The molecule has 0 bridgehead atoms. The second-order valence-corrected chi connectivity index (χ2v) is 5.26. The second kappa shape index (κ2) is 5.18. The topological polar surface area (TPSA) is 38.1 Å². The second-order valence-electron chi connectivity index (χ2n) is 5.26. The van der Waals surface area contributed by atoms with Crippen LogP contribution in [0.2, 0.25) is 0 Å². The minimum absolute atomic E-state index is 0.113. The van der Waals surface area contributed by atoms with Gasteiger partial charge in [-0.15, -0.1) is 0 Å². The fourth-order valence-electron chi connectivity index (χ4n) is 2.74. The Labute approximate surface area is 120 Å². The van der Waals surface area contributed by atoms with Crippen molar-refractivity contribution in [1.29, 1.82) is 0 Å². The van der Waals surface area contributed by atoms with E-state index in [2.05, 4.69) is 4.98 Å². The van der Waals surface area contributed by atoms with Crippen molar-refractivity contribution >= 4 is 0 Å². The van der Waals surface area contributed by atoms with Crippen molar-refractivity contribution in [3.8, 4) is 0 Å². The van der Waals surface area contributed by atoms with Crippen LogP contribution in [-0.2, 0) is 19.0 Å². The number of hydrogen-bond acceptors (Lipinski definition) is 2. The molecule has 112 valence electrons. The zero-order valence-electron chi connectivity index (χ0n) is 11.3. The van der Waals surface area contributed by atoms with Crippen LogP contribution in [0, 0.1) is 0 Å². The molecule has 3 nitrogen and oxygen atoms in total. The first-order valence-electron chi connectivity index (χ1n) is 6.85. The van der Waals surface area contributed by atoms with E-state index in [1.807, 2.05) is 0 Å². The Morgan fingerprint density at radius 3 is 2.76 bits per heavy atom. The van der Waals surface area contributed by atoms with Gasteiger partial charge in [0.2, 0.25) is 0 Å². The lowest BCUT2D eigenvalue weighted by Gasteiger charge is -2.19. The highest BCUT2D eigenvalue weighted by Gasteiger charge is 2.33. The van der Waals surface area contributed by atoms with Gasteiger partial charge >= 0.3 is 6.18 Å². The van der Waals surface area contributed by atoms with Crippen molar-refractivity contribution in [2.45, 2.75) is 38.1 Å². The van der Waals surface area contributed by atoms with Crippen molar-refractivity contribution in [2.75, 3.05) is 0 Å². The van der Waals surface area contributed by atoms with Gasteiger partial charge in [-0.2, -0.15) is 13.2 Å². The normalized spacial score (nSPS) is 18.6. The maximum atomic E-state index is 13.0. The highest BCUT2D eigenvalue weighted by molar-refractivity contribution is 5.33. The number of benzene rings is 1. The molecule has 2 heterocycles. The Morgan fingerprint density at radius 2 is 2.05 bits per heavy atom. The average Bonchev–Trinajstić information content (AvgIpc) is 2.82. The maximum Gasteiger partial charge on any atom is 0.416 e. The van der Waals surface area contributed by atoms with E-state index in [1.165, 1.54) is 12.1 Å². The van der Waals surface area contributed by atoms with Gasteiger partial charge in [-0.05, 0) is 24.5 Å². The van der Waals surface area contributed by atoms with Crippen LogP contribution in [0.5, 0.6) is 0 Å². The molecule has 1 aliphatic rings. The van der Waals surface area contributed by atoms with E-state index in [9.17, 15) is 18.3 Å². The zero-order chi connectivity index (χ0) is 15.0. The van der Waals surface area contributed by atoms with Crippen LogP contribution < -0.4 is 0 Å². The molecule has 0 fully saturated rings. The molecule has 0 amide bonds. The van der Waals surface area contributed by atoms with Crippen molar-refractivity contribution in [3.05, 3.63) is 53.1 Å². The molecule has 1 aliphatic heterocycles. The summed E-state index contributed by atoms with van der Waals surface area (Å²) in [6.45, 7) is 0. The number of alkyl halides is 3. The van der Waals surface area contributed by atoms with Crippen LogP contribution in [0.25, 0.3) is 0 Å². The predicted octanol–water partition coefficient (Wildman–Crippen LogP) is 3.32. The fourth-order valence-corrected chi connectivity index (χ4v) is 2.74. The number of aromatic nitrogens is 2. The van der Waals surface area contributed by atoms with Crippen LogP contribution in [0.1, 0.15) is 41.7 Å². The third-order valence-electron chi connectivity index (χ3n) is 3.74. The molecule has 1 unspecified atom stereocenters. The summed E-state index contributed by atoms with van der Waals surface area (Å²) in [5.41, 5.74) is 0.133. The van der Waals surface area contributed by atoms with Gasteiger partial charge in [-0.3, -0.25) is 0 Å². The van der Waals surface area contributed by atoms with E-state index >= 15 is 0 Å². The number of aryl methyl sites for hydroxylation is 1. The SMILES string of the molecule is OC1CCCc2nc(Cc3ccccc3C(F)(F)F)cn21. The molecule has 1 atom stereocenters. The number of aliphatic hydroxyl groups excluding tert-OH is 1. The zero-order valence-corrected chi connectivity index (χ0v) is 11.3. The Morgan fingerprint density at radius 1 is 1.29 bits per heavy atom. The van der Waals surface area contributed by atoms with E-state index in [-0.39, 0.29) is 12.0 Å². The predicted molar refractivity (Wildman–Crippen MR) is 70.7 cm³/mol. The van der Waals surface area contributed by atoms with E-state index in [4.69, 9.17) is 0 Å². The molecule has 0 spiro atoms. The van der Waals surface area contributed by atoms with Gasteiger partial charge in [-0.1, -0.05) is 18.2 Å². The van der Waals surface area contributed by atoms with Crippen molar-refractivity contribution < 1.29 is 18.3 Å². The third kappa shape index (κ3) is 2.81. The molecule has 0 radical (unpaired) electrons. The van der Waals surface area contributed by atoms with E-state index < -0.39 is 18.0 Å². The van der Waals surface area contributed by atoms with Crippen LogP contribution in [0.3, 0.4) is 0 Å². The number of imidazole rings is 1. The van der Waals surface area contributed by atoms with Crippen LogP contribution >= 0.6 is 0 Å². The monoisotopic (exact) mass is 296 g/mol. The van der Waals surface area contributed by atoms with Gasteiger partial charge in [0, 0.05) is 19.0 Å². The molecule has 3 rings (SSSR count). The number of nitrogens with zero attached hydrogens (tertiary/aromatic N) is 2. The van der Waals surface area contributed by atoms with E-state index in [1.54, 1.807) is 16.8 Å². The number of rotatable bonds is 2. The lowest BCUT2D eigenvalue weighted by molar-refractivity contribution is -0.138. The van der Waals surface area contributed by atoms with Crippen molar-refractivity contribution in [2.24, 2.45) is 0 Å². The largest absolute Gasteiger partial charge is 0.416 e. The lowest BCUT2D eigenvalue weighted by Crippen LogP contribution is -2.16. The summed E-state index contributed by atoms with van der Waals surface area (Å²) in [4.78, 5) is 4.36. The molecule has 0 saturated heterocycles. The van der Waals surface area contributed by atoms with Crippen LogP contribution in [0.15, 0.2) is 30.5 Å². The first-order chi connectivity index (χ1) is 9.95. The Balaban J connectivity index is 1.91. The minimum atomic E-state index is -4.37. The van der Waals surface area contributed by atoms with Gasteiger partial charge in [0.05, 0.1) is 11.3 Å². The average molecular weight is 296 g/mol. The number of halogens is 3. The molecule has 0 saturated carbocycles. The minimum Gasteiger partial charge on any atom is -0.373 e. The van der Waals surface area contributed by atoms with Gasteiger partial charge in [-0.25, -0.2) is 4.98 Å². The molecule has 1 N–H and O–H groups in total. The summed E-state index contributed by atoms with van der Waals surface area (Å²) < 4.78 is 40.6. The van der Waals surface area contributed by atoms with Crippen LogP contribution in [-0.4, -0.2) is 14.7 Å². The van der Waals surface area contributed by atoms with Gasteiger partial charge in [0.1, 0.15) is 12.1 Å². The number of fused-ring (bicyclic) bond motifs is 1. The Bertz CT molecular complexity index is 649. The van der Waals surface area contributed by atoms with Gasteiger partial charge in [0.25, 0.3) is 0 Å².